The molecule has 0 heterocycles. The first kappa shape index (κ1) is 39.7. The summed E-state index contributed by atoms with van der Waals surface area (Å²) in [6.45, 7) is 0. The molecule has 0 aliphatic heterocycles. The van der Waals surface area contributed by atoms with Crippen LogP contribution in [0.2, 0.25) is 0 Å². The minimum absolute atomic E-state index is 0. The maximum atomic E-state index is 13.0. The largest absolute Gasteiger partial charge is 1.00 e. The molecule has 0 spiro atoms. The van der Waals surface area contributed by atoms with E-state index in [9.17, 15) is 41.2 Å². The number of aliphatic hydroxyl groups is 1. The number of hydrogen-bond donors (Lipinski definition) is 4. The van der Waals surface area contributed by atoms with Crippen molar-refractivity contribution in [3.63, 3.8) is 0 Å². The van der Waals surface area contributed by atoms with Gasteiger partial charge in [0.2, 0.25) is 0 Å². The monoisotopic (exact) mass is 617 g/mol. The summed E-state index contributed by atoms with van der Waals surface area (Å²) in [7, 11) is -8.79. The number of Topliss-reactive ketones (excluding diaryl/α,β-unsaturated/α-hetero) is 2. The Hall–Kier alpha value is -0.420. The number of benzene rings is 1. The molecule has 2 aliphatic carbocycles. The summed E-state index contributed by atoms with van der Waals surface area (Å²) in [5.41, 5.74) is 4.82. The number of rotatable bonds is 6. The molecule has 2 aliphatic rings. The minimum atomic E-state index is -4.90. The number of hydrogen-bond acceptors (Lipinski definition) is 13. The average molecular weight is 617 g/mol. The maximum absolute atomic E-state index is 13.0. The van der Waals surface area contributed by atoms with Crippen molar-refractivity contribution in [2.45, 2.75) is 4.90 Å². The van der Waals surface area contributed by atoms with Gasteiger partial charge in [-0.15, -0.1) is 11.7 Å². The van der Waals surface area contributed by atoms with Crippen LogP contribution < -0.4 is 94.0 Å². The molecule has 0 amide bonds. The first-order chi connectivity index (χ1) is 16.1. The predicted molar refractivity (Wildman–Crippen MR) is 115 cm³/mol. The van der Waals surface area contributed by atoms with E-state index in [2.05, 4.69) is 15.6 Å². The molecule has 1 unspecified atom stereocenters. The molecule has 0 saturated heterocycles. The van der Waals surface area contributed by atoms with Crippen LogP contribution in [-0.4, -0.2) is 70.5 Å². The van der Waals surface area contributed by atoms with Gasteiger partial charge in [-0.2, -0.15) is 14.5 Å². The summed E-state index contributed by atoms with van der Waals surface area (Å²) in [5, 5.41) is 23.2. The van der Waals surface area contributed by atoms with Crippen molar-refractivity contribution >= 4 is 59.9 Å². The molecule has 1 aromatic rings. The van der Waals surface area contributed by atoms with Crippen molar-refractivity contribution in [2.24, 2.45) is 0 Å². The Bertz CT molecular complexity index is 1480. The molecule has 1 atom stereocenters. The van der Waals surface area contributed by atoms with Gasteiger partial charge >= 0.3 is 98.8 Å². The number of aliphatic hydroxyl groups excluding tert-OH is 1. The number of nitrogens with one attached hydrogen (secondary N) is 2. The molecular weight excluding hydrogens is 605 g/mol. The summed E-state index contributed by atoms with van der Waals surface area (Å²) in [6.07, 6.45) is 2.98. The number of phenols is 1. The van der Waals surface area contributed by atoms with Crippen LogP contribution in [0.1, 0.15) is 15.9 Å². The Morgan fingerprint density at radius 3 is 2.11 bits per heavy atom. The first-order valence-corrected chi connectivity index (χ1v) is 12.6. The first-order valence-electron chi connectivity index (χ1n) is 8.52. The Morgan fingerprint density at radius 2 is 1.66 bits per heavy atom. The van der Waals surface area contributed by atoms with Crippen LogP contribution in [0.15, 0.2) is 33.9 Å². The number of aromatic hydroxyl groups is 1. The number of allylic oxidation sites excluding steroid dienone is 4. The van der Waals surface area contributed by atoms with Crippen LogP contribution in [-0.2, 0) is 45.1 Å². The van der Waals surface area contributed by atoms with Gasteiger partial charge in [0.15, 0.2) is 5.78 Å². The normalized spacial score (nSPS) is 14.9. The third-order valence-electron chi connectivity index (χ3n) is 4.29. The molecule has 15 nitrogen and oxygen atoms in total. The second-order valence-corrected chi connectivity index (χ2v) is 10.1. The van der Waals surface area contributed by atoms with Gasteiger partial charge in [-0.25, -0.2) is 8.42 Å². The van der Waals surface area contributed by atoms with Crippen molar-refractivity contribution in [1.29, 1.82) is 0 Å². The second-order valence-electron chi connectivity index (χ2n) is 6.31. The molecule has 0 fully saturated rings. The van der Waals surface area contributed by atoms with E-state index in [0.717, 1.165) is 18.8 Å². The number of fused-ring (bicyclic) bond motifs is 2. The molecule has 5 N–H and O–H groups in total. The van der Waals surface area contributed by atoms with Crippen molar-refractivity contribution in [3.8, 4) is 5.75 Å². The number of ketones is 2. The van der Waals surface area contributed by atoms with E-state index in [1.807, 2.05) is 0 Å². The minimum Gasteiger partial charge on any atom is -0.756 e. The standard InChI is InChI=1S/C16H13N2O10S2.CHO3S.3Na/c1-28-30(26,27)9-4-7(18-5-29(23,24)25)11-13(14(9)20)15(21)10-6(17)2-3-8(19)12(10)16(11)22;2-1-5(3)4;;;/h2,4H,5H2,1H3,(H6,17,18,19,20,21,22,23,24,25);(H,3,4);;;/q2*-1;3*+1/p-2. The zero-order chi connectivity index (χ0) is 26.9. The van der Waals surface area contributed by atoms with E-state index in [4.69, 9.17) is 19.3 Å². The third-order valence-corrected chi connectivity index (χ3v) is 6.22. The van der Waals surface area contributed by atoms with Crippen LogP contribution >= 0.6 is 0 Å². The summed E-state index contributed by atoms with van der Waals surface area (Å²) in [6, 6.07) is 0.630. The van der Waals surface area contributed by atoms with Crippen molar-refractivity contribution < 1.29 is 148 Å². The van der Waals surface area contributed by atoms with E-state index < -0.39 is 98.8 Å². The topological polar surface area (TPSA) is 265 Å². The van der Waals surface area contributed by atoms with Gasteiger partial charge in [0, 0.05) is 22.3 Å². The third kappa shape index (κ3) is 8.79. The number of phenolic OH excluding ortho intramolecular Hbond substituents is 1. The molecule has 1 aromatic carbocycles. The van der Waals surface area contributed by atoms with Gasteiger partial charge in [-0.1, -0.05) is 5.57 Å². The van der Waals surface area contributed by atoms with Crippen LogP contribution in [0.3, 0.4) is 0 Å². The molecule has 3 rings (SSSR count). The molecule has 0 radical (unpaired) electrons. The van der Waals surface area contributed by atoms with Crippen LogP contribution in [0, 0.1) is 6.08 Å². The van der Waals surface area contributed by atoms with Gasteiger partial charge < -0.3 is 40.0 Å². The molecule has 0 bridgehead atoms. The fourth-order valence-corrected chi connectivity index (χ4v) is 4.06. The average Bonchev–Trinajstić information content (AvgIpc) is 2.77. The molecule has 190 valence electrons. The zero-order valence-corrected chi connectivity index (χ0v) is 28.5. The predicted octanol–water partition coefficient (Wildman–Crippen LogP) is -9.36. The molecule has 0 aromatic heterocycles. The van der Waals surface area contributed by atoms with Gasteiger partial charge in [0.25, 0.3) is 0 Å². The fraction of sp³-hybridized carbons (Fsp3) is 0.118. The fourth-order valence-electron chi connectivity index (χ4n) is 2.94. The van der Waals surface area contributed by atoms with Gasteiger partial charge in [-0.05, 0) is 11.6 Å². The van der Waals surface area contributed by atoms with Crippen molar-refractivity contribution in [3.05, 3.63) is 51.9 Å². The second kappa shape index (κ2) is 15.5. The Kier molecular flexibility index (Phi) is 16.2. The van der Waals surface area contributed by atoms with E-state index in [0.29, 0.717) is 6.07 Å². The molecule has 38 heavy (non-hydrogen) atoms. The van der Waals surface area contributed by atoms with Crippen LogP contribution in [0.5, 0.6) is 5.75 Å². The Labute approximate surface area is 285 Å². The van der Waals surface area contributed by atoms with Gasteiger partial charge in [0.1, 0.15) is 26.6 Å². The Balaban J connectivity index is 0. The van der Waals surface area contributed by atoms with E-state index in [-0.39, 0.29) is 88.7 Å². The number of carbonyl (C=O) groups is 2. The van der Waals surface area contributed by atoms with Crippen LogP contribution in [0.4, 0.5) is 5.69 Å². The smallest absolute Gasteiger partial charge is 0.756 e. The van der Waals surface area contributed by atoms with Crippen LogP contribution in [0.25, 0.3) is 11.5 Å². The number of anilines is 1. The van der Waals surface area contributed by atoms with E-state index in [1.54, 1.807) is 0 Å². The molecular formula is C17H12N2Na3O13S3-. The Morgan fingerprint density at radius 1 is 1.13 bits per heavy atom. The summed E-state index contributed by atoms with van der Waals surface area (Å²) in [4.78, 5) is 33.0. The van der Waals surface area contributed by atoms with Gasteiger partial charge in [-0.3, -0.25) is 18.9 Å². The summed E-state index contributed by atoms with van der Waals surface area (Å²) >= 11 is -2.38. The quantitative estimate of drug-likeness (QED) is 0.0577. The summed E-state index contributed by atoms with van der Waals surface area (Å²) < 4.78 is 78.1. The maximum Gasteiger partial charge on any atom is 1.00 e. The van der Waals surface area contributed by atoms with Crippen molar-refractivity contribution in [2.75, 3.05) is 18.3 Å². The zero-order valence-electron chi connectivity index (χ0n) is 20.0. The van der Waals surface area contributed by atoms with Crippen molar-refractivity contribution in [1.82, 2.24) is 0 Å². The van der Waals surface area contributed by atoms with E-state index >= 15 is 0 Å². The van der Waals surface area contributed by atoms with E-state index in [1.165, 1.54) is 0 Å². The van der Waals surface area contributed by atoms with Gasteiger partial charge in [0.05, 0.1) is 24.2 Å². The SMILES string of the molecule is COS(=O)(=O)c1cc(NCS(=O)(=O)[O-])c2c(c1O)C(=O)C1=C([NH-])C=[C-]C(=O)C1=C2O.O=[C-]S(=O)O.[Na+].[Na+].[Na+]. The molecule has 0 saturated carbocycles. The number of carbonyl (C=O) groups excluding carboxylic acids is 3. The molecule has 21 heteroatoms. The summed E-state index contributed by atoms with van der Waals surface area (Å²) in [5.74, 6) is -5.55.